The van der Waals surface area contributed by atoms with E-state index in [9.17, 15) is 9.59 Å². The molecule has 25 heavy (non-hydrogen) atoms. The second kappa shape index (κ2) is 7.25. The van der Waals surface area contributed by atoms with Crippen molar-refractivity contribution in [3.8, 4) is 0 Å². The van der Waals surface area contributed by atoms with Crippen molar-refractivity contribution in [2.75, 3.05) is 11.9 Å². The molecule has 4 nitrogen and oxygen atoms in total. The Hall–Kier alpha value is -2.37. The highest BCUT2D eigenvalue weighted by Crippen LogP contribution is 2.34. The van der Waals surface area contributed by atoms with E-state index in [1.807, 2.05) is 56.3 Å². The molecular weight excluding hydrogens is 356 g/mol. The Labute approximate surface area is 154 Å². The second-order valence-corrected chi connectivity index (χ2v) is 7.22. The molecule has 0 aliphatic heterocycles. The number of halogens is 1. The number of hydrogen-bond acceptors (Lipinski definition) is 3. The van der Waals surface area contributed by atoms with Crippen LogP contribution in [0.4, 0.5) is 5.69 Å². The van der Waals surface area contributed by atoms with Crippen molar-refractivity contribution in [3.63, 3.8) is 0 Å². The van der Waals surface area contributed by atoms with Gasteiger partial charge in [0.2, 0.25) is 5.91 Å². The first-order chi connectivity index (χ1) is 12.0. The minimum Gasteiger partial charge on any atom is -0.342 e. The molecule has 0 fully saturated rings. The lowest BCUT2D eigenvalue weighted by atomic mass is 10.1. The van der Waals surface area contributed by atoms with E-state index >= 15 is 0 Å². The monoisotopic (exact) mass is 372 g/mol. The molecule has 6 heteroatoms. The van der Waals surface area contributed by atoms with E-state index in [1.165, 1.54) is 11.3 Å². The molecule has 0 unspecified atom stereocenters. The van der Waals surface area contributed by atoms with Gasteiger partial charge in [0, 0.05) is 15.8 Å². The van der Waals surface area contributed by atoms with E-state index in [0.717, 1.165) is 26.9 Å². The van der Waals surface area contributed by atoms with E-state index in [4.69, 9.17) is 11.6 Å². The number of benzene rings is 2. The maximum absolute atomic E-state index is 12.3. The molecule has 1 heterocycles. The van der Waals surface area contributed by atoms with E-state index in [1.54, 1.807) is 0 Å². The molecule has 0 radical (unpaired) electrons. The van der Waals surface area contributed by atoms with Gasteiger partial charge in [-0.15, -0.1) is 11.3 Å². The smallest absolute Gasteiger partial charge is 0.263 e. The van der Waals surface area contributed by atoms with Crippen molar-refractivity contribution in [2.24, 2.45) is 0 Å². The predicted molar refractivity (Wildman–Crippen MR) is 104 cm³/mol. The molecular formula is C19H17ClN2O2S. The fraction of sp³-hybridized carbons (Fsp3) is 0.158. The Morgan fingerprint density at radius 1 is 1.12 bits per heavy atom. The third-order valence-corrected chi connectivity index (χ3v) is 5.48. The third-order valence-electron chi connectivity index (χ3n) is 3.81. The number of thiophene rings is 1. The maximum Gasteiger partial charge on any atom is 0.263 e. The van der Waals surface area contributed by atoms with Crippen LogP contribution in [0.5, 0.6) is 0 Å². The number of rotatable bonds is 4. The van der Waals surface area contributed by atoms with Gasteiger partial charge in [-0.25, -0.2) is 0 Å². The number of nitrogens with one attached hydrogen (secondary N) is 2. The van der Waals surface area contributed by atoms with Gasteiger partial charge in [0.15, 0.2) is 0 Å². The number of carbonyl (C=O) groups is 2. The molecule has 1 aromatic heterocycles. The molecule has 0 saturated heterocycles. The van der Waals surface area contributed by atoms with Crippen LogP contribution in [-0.4, -0.2) is 18.4 Å². The van der Waals surface area contributed by atoms with E-state index in [2.05, 4.69) is 10.6 Å². The normalized spacial score (nSPS) is 10.7. The number of fused-ring (bicyclic) bond motifs is 1. The van der Waals surface area contributed by atoms with Gasteiger partial charge in [0.05, 0.1) is 11.6 Å². The number of carbonyl (C=O) groups excluding carboxylic acids is 2. The van der Waals surface area contributed by atoms with Crippen molar-refractivity contribution in [1.82, 2.24) is 5.32 Å². The van der Waals surface area contributed by atoms with Crippen LogP contribution in [0.3, 0.4) is 0 Å². The van der Waals surface area contributed by atoms with Gasteiger partial charge in [0.1, 0.15) is 4.88 Å². The molecule has 128 valence electrons. The number of amides is 2. The van der Waals surface area contributed by atoms with Crippen LogP contribution in [0.25, 0.3) is 10.1 Å². The summed E-state index contributed by atoms with van der Waals surface area (Å²) < 4.78 is 0.942. The lowest BCUT2D eigenvalue weighted by molar-refractivity contribution is -0.115. The zero-order valence-electron chi connectivity index (χ0n) is 13.9. The van der Waals surface area contributed by atoms with Gasteiger partial charge in [-0.3, -0.25) is 9.59 Å². The largest absolute Gasteiger partial charge is 0.342 e. The van der Waals surface area contributed by atoms with Gasteiger partial charge >= 0.3 is 0 Å². The van der Waals surface area contributed by atoms with Crippen LogP contribution in [0.2, 0.25) is 5.02 Å². The molecule has 0 aliphatic carbocycles. The highest BCUT2D eigenvalue weighted by atomic mass is 35.5. The maximum atomic E-state index is 12.3. The first kappa shape index (κ1) is 17.5. The first-order valence-electron chi connectivity index (χ1n) is 7.78. The Bertz CT molecular complexity index is 965. The molecule has 0 atom stereocenters. The molecule has 0 saturated carbocycles. The second-order valence-electron chi connectivity index (χ2n) is 5.79. The number of hydrogen-bond donors (Lipinski definition) is 2. The lowest BCUT2D eigenvalue weighted by Crippen LogP contribution is -2.32. The zero-order valence-corrected chi connectivity index (χ0v) is 15.4. The van der Waals surface area contributed by atoms with E-state index in [-0.39, 0.29) is 18.4 Å². The van der Waals surface area contributed by atoms with Crippen molar-refractivity contribution in [2.45, 2.75) is 13.8 Å². The molecule has 0 bridgehead atoms. The summed E-state index contributed by atoms with van der Waals surface area (Å²) in [5, 5.41) is 6.70. The van der Waals surface area contributed by atoms with Crippen LogP contribution in [0, 0.1) is 13.8 Å². The average molecular weight is 373 g/mol. The Morgan fingerprint density at radius 2 is 1.88 bits per heavy atom. The molecule has 2 amide bonds. The molecule has 0 spiro atoms. The summed E-state index contributed by atoms with van der Waals surface area (Å²) in [4.78, 5) is 24.8. The highest BCUT2D eigenvalue weighted by molar-refractivity contribution is 7.21. The summed E-state index contributed by atoms with van der Waals surface area (Å²) in [5.74, 6) is -0.625. The van der Waals surface area contributed by atoms with Crippen molar-refractivity contribution in [1.29, 1.82) is 0 Å². The Balaban J connectivity index is 1.65. The summed E-state index contributed by atoms with van der Waals surface area (Å²) in [5.41, 5.74) is 2.85. The van der Waals surface area contributed by atoms with E-state index in [0.29, 0.717) is 9.90 Å². The van der Waals surface area contributed by atoms with Gasteiger partial charge in [-0.2, -0.15) is 0 Å². The molecule has 2 aromatic carbocycles. The predicted octanol–water partition coefficient (Wildman–Crippen LogP) is 4.54. The van der Waals surface area contributed by atoms with Crippen molar-refractivity contribution in [3.05, 3.63) is 63.5 Å². The third kappa shape index (κ3) is 3.83. The highest BCUT2D eigenvalue weighted by Gasteiger charge is 2.17. The Morgan fingerprint density at radius 3 is 2.60 bits per heavy atom. The SMILES string of the molecule is Cc1ccc(NC(=O)CNC(=O)c2sc3ccccc3c2Cl)c(C)c1. The number of anilines is 1. The van der Waals surface area contributed by atoms with Crippen LogP contribution in [0.15, 0.2) is 42.5 Å². The zero-order chi connectivity index (χ0) is 18.0. The summed E-state index contributed by atoms with van der Waals surface area (Å²) in [6.07, 6.45) is 0. The minimum atomic E-state index is -0.345. The van der Waals surface area contributed by atoms with Crippen LogP contribution in [0.1, 0.15) is 20.8 Å². The molecule has 0 aliphatic rings. The van der Waals surface area contributed by atoms with Crippen molar-refractivity contribution < 1.29 is 9.59 Å². The quantitative estimate of drug-likeness (QED) is 0.706. The summed E-state index contributed by atoms with van der Waals surface area (Å²) >= 11 is 7.60. The average Bonchev–Trinajstić information content (AvgIpc) is 2.93. The van der Waals surface area contributed by atoms with Crippen LogP contribution < -0.4 is 10.6 Å². The van der Waals surface area contributed by atoms with Gasteiger partial charge in [0.25, 0.3) is 5.91 Å². The molecule has 3 rings (SSSR count). The van der Waals surface area contributed by atoms with Gasteiger partial charge in [-0.05, 0) is 31.5 Å². The van der Waals surface area contributed by atoms with Gasteiger partial charge in [-0.1, -0.05) is 47.5 Å². The fourth-order valence-corrected chi connectivity index (χ4v) is 3.98. The summed E-state index contributed by atoms with van der Waals surface area (Å²) in [6, 6.07) is 13.3. The topological polar surface area (TPSA) is 58.2 Å². The standard InChI is InChI=1S/C19H17ClN2O2S/c1-11-7-8-14(12(2)9-11)22-16(23)10-21-19(24)18-17(20)13-5-3-4-6-15(13)25-18/h3-9H,10H2,1-2H3,(H,21,24)(H,22,23). The molecule has 2 N–H and O–H groups in total. The first-order valence-corrected chi connectivity index (χ1v) is 8.97. The minimum absolute atomic E-state index is 0.114. The lowest BCUT2D eigenvalue weighted by Gasteiger charge is -2.09. The van der Waals surface area contributed by atoms with Crippen molar-refractivity contribution >= 4 is 50.5 Å². The van der Waals surface area contributed by atoms with Crippen LogP contribution >= 0.6 is 22.9 Å². The van der Waals surface area contributed by atoms with Crippen LogP contribution in [-0.2, 0) is 4.79 Å². The fourth-order valence-electron chi connectivity index (χ4n) is 2.55. The summed E-state index contributed by atoms with van der Waals surface area (Å²) in [6.45, 7) is 3.81. The molecule has 3 aromatic rings. The van der Waals surface area contributed by atoms with E-state index < -0.39 is 0 Å². The Kier molecular flexibility index (Phi) is 5.06. The summed E-state index contributed by atoms with van der Waals surface area (Å²) in [7, 11) is 0. The van der Waals surface area contributed by atoms with Gasteiger partial charge < -0.3 is 10.6 Å². The number of aryl methyl sites for hydroxylation is 2.